The SMILES string of the molecule is CCN1CCN(S(=O)(=O)c2ccc(NC(=O)c3ccc(OC(F)F)cc3)cc2)CC1. The number of piperazine rings is 1. The van der Waals surface area contributed by atoms with Crippen LogP contribution in [0, 0.1) is 0 Å². The fourth-order valence-electron chi connectivity index (χ4n) is 3.14. The molecule has 2 aromatic carbocycles. The Kier molecular flexibility index (Phi) is 7.01. The maximum absolute atomic E-state index is 12.8. The fourth-order valence-corrected chi connectivity index (χ4v) is 4.56. The summed E-state index contributed by atoms with van der Waals surface area (Å²) in [6, 6.07) is 11.2. The molecule has 1 aliphatic heterocycles. The number of nitrogens with one attached hydrogen (secondary N) is 1. The number of likely N-dealkylation sites (N-methyl/N-ethyl adjacent to an activating group) is 1. The van der Waals surface area contributed by atoms with Gasteiger partial charge in [-0.2, -0.15) is 13.1 Å². The fraction of sp³-hybridized carbons (Fsp3) is 0.350. The maximum atomic E-state index is 12.8. The van der Waals surface area contributed by atoms with E-state index in [1.165, 1.54) is 52.8 Å². The van der Waals surface area contributed by atoms with E-state index in [4.69, 9.17) is 0 Å². The van der Waals surface area contributed by atoms with Crippen LogP contribution in [0.5, 0.6) is 5.75 Å². The first-order valence-electron chi connectivity index (χ1n) is 9.48. The van der Waals surface area contributed by atoms with E-state index < -0.39 is 22.5 Å². The first-order valence-corrected chi connectivity index (χ1v) is 10.9. The van der Waals surface area contributed by atoms with E-state index in [2.05, 4.69) is 15.0 Å². The second-order valence-corrected chi connectivity index (χ2v) is 8.66. The van der Waals surface area contributed by atoms with Crippen LogP contribution < -0.4 is 10.1 Å². The number of halogens is 2. The molecule has 1 fully saturated rings. The molecule has 0 aliphatic carbocycles. The number of carbonyl (C=O) groups excluding carboxylic acids is 1. The first-order chi connectivity index (χ1) is 14.3. The highest BCUT2D eigenvalue weighted by Crippen LogP contribution is 2.21. The summed E-state index contributed by atoms with van der Waals surface area (Å²) in [5.41, 5.74) is 0.671. The Morgan fingerprint density at radius 2 is 1.63 bits per heavy atom. The van der Waals surface area contributed by atoms with Gasteiger partial charge in [0.25, 0.3) is 5.91 Å². The van der Waals surface area contributed by atoms with Crippen molar-refractivity contribution in [1.82, 2.24) is 9.21 Å². The van der Waals surface area contributed by atoms with Gasteiger partial charge in [-0.25, -0.2) is 8.42 Å². The van der Waals surface area contributed by atoms with Gasteiger partial charge in [0.05, 0.1) is 4.90 Å². The quantitative estimate of drug-likeness (QED) is 0.718. The molecule has 1 amide bonds. The zero-order chi connectivity index (χ0) is 21.7. The summed E-state index contributed by atoms with van der Waals surface area (Å²) in [6.07, 6.45) is 0. The molecule has 2 aromatic rings. The predicted molar refractivity (Wildman–Crippen MR) is 108 cm³/mol. The van der Waals surface area contributed by atoms with E-state index in [1.54, 1.807) is 0 Å². The van der Waals surface area contributed by atoms with Gasteiger partial charge in [0.15, 0.2) is 0 Å². The normalized spacial score (nSPS) is 15.9. The third kappa shape index (κ3) is 5.32. The molecule has 0 radical (unpaired) electrons. The van der Waals surface area contributed by atoms with Gasteiger partial charge in [-0.1, -0.05) is 6.92 Å². The third-order valence-corrected chi connectivity index (χ3v) is 6.78. The second-order valence-electron chi connectivity index (χ2n) is 6.72. The van der Waals surface area contributed by atoms with Gasteiger partial charge in [-0.05, 0) is 55.1 Å². The lowest BCUT2D eigenvalue weighted by molar-refractivity contribution is -0.0498. The summed E-state index contributed by atoms with van der Waals surface area (Å²) in [6.45, 7) is 2.29. The van der Waals surface area contributed by atoms with Crippen molar-refractivity contribution < 1.29 is 26.7 Å². The number of nitrogens with zero attached hydrogens (tertiary/aromatic N) is 2. The summed E-state index contributed by atoms with van der Waals surface area (Å²) >= 11 is 0. The number of ether oxygens (including phenoxy) is 1. The van der Waals surface area contributed by atoms with Crippen molar-refractivity contribution in [3.05, 3.63) is 54.1 Å². The highest BCUT2D eigenvalue weighted by molar-refractivity contribution is 7.89. The van der Waals surface area contributed by atoms with E-state index in [-0.39, 0.29) is 16.2 Å². The highest BCUT2D eigenvalue weighted by atomic mass is 32.2. The van der Waals surface area contributed by atoms with Crippen molar-refractivity contribution in [2.24, 2.45) is 0 Å². The van der Waals surface area contributed by atoms with Gasteiger partial charge in [0.1, 0.15) is 5.75 Å². The standard InChI is InChI=1S/C20H23F2N3O4S/c1-2-24-11-13-25(14-12-24)30(27,28)18-9-5-16(6-10-18)23-19(26)15-3-7-17(8-4-15)29-20(21)22/h3-10,20H,2,11-14H2,1H3,(H,23,26). The summed E-state index contributed by atoms with van der Waals surface area (Å²) in [4.78, 5) is 14.7. The monoisotopic (exact) mass is 439 g/mol. The van der Waals surface area contributed by atoms with Gasteiger partial charge in [-0.3, -0.25) is 4.79 Å². The molecule has 30 heavy (non-hydrogen) atoms. The van der Waals surface area contributed by atoms with E-state index in [0.29, 0.717) is 31.9 Å². The summed E-state index contributed by atoms with van der Waals surface area (Å²) in [5.74, 6) is -0.499. The van der Waals surface area contributed by atoms with Gasteiger partial charge in [0.2, 0.25) is 10.0 Å². The zero-order valence-electron chi connectivity index (χ0n) is 16.4. The molecule has 3 rings (SSSR count). The van der Waals surface area contributed by atoms with Crippen LogP contribution in [0.2, 0.25) is 0 Å². The molecule has 0 atom stereocenters. The Balaban J connectivity index is 1.63. The second kappa shape index (κ2) is 9.50. The smallest absolute Gasteiger partial charge is 0.387 e. The molecule has 10 heteroatoms. The topological polar surface area (TPSA) is 79.0 Å². The van der Waals surface area contributed by atoms with Gasteiger partial charge >= 0.3 is 6.61 Å². The van der Waals surface area contributed by atoms with Crippen molar-refractivity contribution in [3.8, 4) is 5.75 Å². The van der Waals surface area contributed by atoms with Crippen molar-refractivity contribution in [2.75, 3.05) is 38.0 Å². The average Bonchev–Trinajstić information content (AvgIpc) is 2.74. The first kappa shape index (κ1) is 22.1. The Morgan fingerprint density at radius 1 is 1.03 bits per heavy atom. The molecule has 1 aliphatic rings. The van der Waals surface area contributed by atoms with Crippen LogP contribution in [0.4, 0.5) is 14.5 Å². The minimum absolute atomic E-state index is 0.0455. The van der Waals surface area contributed by atoms with Crippen molar-refractivity contribution in [2.45, 2.75) is 18.4 Å². The Morgan fingerprint density at radius 3 is 2.17 bits per heavy atom. The van der Waals surface area contributed by atoms with Crippen molar-refractivity contribution in [1.29, 1.82) is 0 Å². The zero-order valence-corrected chi connectivity index (χ0v) is 17.2. The van der Waals surface area contributed by atoms with E-state index in [9.17, 15) is 22.0 Å². The van der Waals surface area contributed by atoms with Gasteiger partial charge in [-0.15, -0.1) is 0 Å². The number of hydrogen-bond acceptors (Lipinski definition) is 5. The molecule has 7 nitrogen and oxygen atoms in total. The van der Waals surface area contributed by atoms with Crippen LogP contribution in [0.1, 0.15) is 17.3 Å². The van der Waals surface area contributed by atoms with Gasteiger partial charge < -0.3 is 15.0 Å². The molecule has 0 bridgehead atoms. The number of anilines is 1. The lowest BCUT2D eigenvalue weighted by Crippen LogP contribution is -2.48. The summed E-state index contributed by atoms with van der Waals surface area (Å²) in [5, 5.41) is 2.65. The number of alkyl halides is 2. The van der Waals surface area contributed by atoms with Crippen LogP contribution in [0.15, 0.2) is 53.4 Å². The lowest BCUT2D eigenvalue weighted by Gasteiger charge is -2.33. The van der Waals surface area contributed by atoms with Crippen LogP contribution >= 0.6 is 0 Å². The Bertz CT molecular complexity index is 959. The van der Waals surface area contributed by atoms with Crippen molar-refractivity contribution >= 4 is 21.6 Å². The molecular formula is C20H23F2N3O4S. The number of rotatable bonds is 7. The molecule has 1 heterocycles. The molecule has 0 aromatic heterocycles. The van der Waals surface area contributed by atoms with Crippen LogP contribution in [-0.2, 0) is 10.0 Å². The number of hydrogen-bond donors (Lipinski definition) is 1. The van der Waals surface area contributed by atoms with Crippen molar-refractivity contribution in [3.63, 3.8) is 0 Å². The Labute approximate surface area is 174 Å². The molecule has 0 unspecified atom stereocenters. The molecule has 162 valence electrons. The summed E-state index contributed by atoms with van der Waals surface area (Å²) in [7, 11) is -3.59. The number of benzene rings is 2. The molecule has 1 saturated heterocycles. The molecular weight excluding hydrogens is 416 g/mol. The maximum Gasteiger partial charge on any atom is 0.387 e. The lowest BCUT2D eigenvalue weighted by atomic mass is 10.2. The molecule has 0 spiro atoms. The largest absolute Gasteiger partial charge is 0.435 e. The highest BCUT2D eigenvalue weighted by Gasteiger charge is 2.27. The van der Waals surface area contributed by atoms with E-state index >= 15 is 0 Å². The minimum Gasteiger partial charge on any atom is -0.435 e. The number of amides is 1. The predicted octanol–water partition coefficient (Wildman–Crippen LogP) is 2.87. The molecule has 1 N–H and O–H groups in total. The Hall–Kier alpha value is -2.56. The van der Waals surface area contributed by atoms with E-state index in [1.807, 2.05) is 6.92 Å². The van der Waals surface area contributed by atoms with Crippen LogP contribution in [0.25, 0.3) is 0 Å². The van der Waals surface area contributed by atoms with Crippen LogP contribution in [-0.4, -0.2) is 62.9 Å². The average molecular weight is 439 g/mol. The third-order valence-electron chi connectivity index (χ3n) is 4.87. The van der Waals surface area contributed by atoms with Crippen LogP contribution in [0.3, 0.4) is 0 Å². The number of carbonyl (C=O) groups is 1. The van der Waals surface area contributed by atoms with E-state index in [0.717, 1.165) is 6.54 Å². The number of sulfonamides is 1. The molecule has 0 saturated carbocycles. The minimum atomic E-state index is -3.59. The summed E-state index contributed by atoms with van der Waals surface area (Å²) < 4.78 is 55.7. The van der Waals surface area contributed by atoms with Gasteiger partial charge in [0, 0.05) is 37.4 Å².